The number of carbonyl (C=O) groups is 1. The molecule has 1 amide bonds. The van der Waals surface area contributed by atoms with Crippen LogP contribution in [-0.4, -0.2) is 21.4 Å². The molecule has 0 aromatic heterocycles. The highest BCUT2D eigenvalue weighted by Gasteiger charge is 2.25. The number of fused-ring (bicyclic) bond motifs is 1. The molecule has 0 saturated heterocycles. The van der Waals surface area contributed by atoms with Crippen molar-refractivity contribution in [1.29, 1.82) is 0 Å². The van der Waals surface area contributed by atoms with Crippen LogP contribution in [0.5, 0.6) is 0 Å². The summed E-state index contributed by atoms with van der Waals surface area (Å²) in [5.41, 5.74) is 1.61. The Morgan fingerprint density at radius 1 is 1.09 bits per heavy atom. The van der Waals surface area contributed by atoms with Crippen molar-refractivity contribution in [2.24, 2.45) is 0 Å². The molecule has 3 rings (SSSR count). The van der Waals surface area contributed by atoms with Gasteiger partial charge in [-0.1, -0.05) is 0 Å². The molecule has 0 aliphatic carbocycles. The Bertz CT molecular complexity index is 893. The van der Waals surface area contributed by atoms with Crippen LogP contribution < -0.4 is 9.62 Å². The molecule has 5 nitrogen and oxygen atoms in total. The summed E-state index contributed by atoms with van der Waals surface area (Å²) in [5, 5.41) is 0. The van der Waals surface area contributed by atoms with Crippen molar-refractivity contribution < 1.29 is 22.0 Å². The highest BCUT2D eigenvalue weighted by atomic mass is 32.2. The zero-order valence-electron chi connectivity index (χ0n) is 12.0. The zero-order chi connectivity index (χ0) is 16.8. The standard InChI is InChI=1S/C15H12F2N2O3S/c1-19-14-3-2-12(4-9(14)5-15(19)20)18-23(21,22)13-7-10(16)6-11(17)8-13/h2-4,6-8,18H,5H2,1H3. The Hall–Kier alpha value is -2.48. The lowest BCUT2D eigenvalue weighted by Crippen LogP contribution is -2.20. The zero-order valence-corrected chi connectivity index (χ0v) is 12.8. The molecule has 120 valence electrons. The molecule has 8 heteroatoms. The number of anilines is 2. The van der Waals surface area contributed by atoms with Crippen LogP contribution in [0.4, 0.5) is 20.2 Å². The molecule has 1 aliphatic heterocycles. The molecule has 1 N–H and O–H groups in total. The monoisotopic (exact) mass is 338 g/mol. The van der Waals surface area contributed by atoms with Crippen molar-refractivity contribution in [2.75, 3.05) is 16.7 Å². The molecule has 0 spiro atoms. The predicted octanol–water partition coefficient (Wildman–Crippen LogP) is 2.28. The third-order valence-corrected chi connectivity index (χ3v) is 4.92. The van der Waals surface area contributed by atoms with E-state index >= 15 is 0 Å². The first-order chi connectivity index (χ1) is 10.8. The third kappa shape index (κ3) is 2.89. The van der Waals surface area contributed by atoms with E-state index in [1.54, 1.807) is 13.1 Å². The van der Waals surface area contributed by atoms with E-state index in [-0.39, 0.29) is 18.0 Å². The average molecular weight is 338 g/mol. The highest BCUT2D eigenvalue weighted by Crippen LogP contribution is 2.30. The summed E-state index contributed by atoms with van der Waals surface area (Å²) in [7, 11) is -2.50. The van der Waals surface area contributed by atoms with E-state index < -0.39 is 26.6 Å². The Morgan fingerprint density at radius 3 is 2.39 bits per heavy atom. The number of sulfonamides is 1. The Balaban J connectivity index is 1.93. The molecule has 2 aromatic rings. The van der Waals surface area contributed by atoms with E-state index in [0.29, 0.717) is 17.3 Å². The minimum atomic E-state index is -4.13. The van der Waals surface area contributed by atoms with E-state index in [2.05, 4.69) is 4.72 Å². The maximum atomic E-state index is 13.2. The van der Waals surface area contributed by atoms with Gasteiger partial charge >= 0.3 is 0 Å². The van der Waals surface area contributed by atoms with Crippen molar-refractivity contribution in [3.63, 3.8) is 0 Å². The van der Waals surface area contributed by atoms with E-state index in [1.165, 1.54) is 17.0 Å². The first-order valence-electron chi connectivity index (χ1n) is 6.65. The SMILES string of the molecule is CN1C(=O)Cc2cc(NS(=O)(=O)c3cc(F)cc(F)c3)ccc21. The van der Waals surface area contributed by atoms with E-state index in [4.69, 9.17) is 0 Å². The van der Waals surface area contributed by atoms with Crippen LogP contribution in [0, 0.1) is 11.6 Å². The highest BCUT2D eigenvalue weighted by molar-refractivity contribution is 7.92. The lowest BCUT2D eigenvalue weighted by atomic mass is 10.1. The van der Waals surface area contributed by atoms with Gasteiger partial charge in [-0.15, -0.1) is 0 Å². The fourth-order valence-electron chi connectivity index (χ4n) is 2.43. The number of nitrogens with one attached hydrogen (secondary N) is 1. The van der Waals surface area contributed by atoms with Crippen LogP contribution in [0.2, 0.25) is 0 Å². The first-order valence-corrected chi connectivity index (χ1v) is 8.13. The Labute approximate surface area is 131 Å². The van der Waals surface area contributed by atoms with E-state index in [1.807, 2.05) is 0 Å². The van der Waals surface area contributed by atoms with Gasteiger partial charge in [0.1, 0.15) is 11.6 Å². The van der Waals surface area contributed by atoms with Gasteiger partial charge in [-0.2, -0.15) is 0 Å². The van der Waals surface area contributed by atoms with Gasteiger partial charge in [-0.25, -0.2) is 17.2 Å². The fraction of sp³-hybridized carbons (Fsp3) is 0.133. The van der Waals surface area contributed by atoms with Gasteiger partial charge in [0.15, 0.2) is 0 Å². The van der Waals surface area contributed by atoms with Gasteiger partial charge in [0.05, 0.1) is 11.3 Å². The Kier molecular flexibility index (Phi) is 3.56. The van der Waals surface area contributed by atoms with Gasteiger partial charge in [0.2, 0.25) is 5.91 Å². The Morgan fingerprint density at radius 2 is 1.74 bits per heavy atom. The topological polar surface area (TPSA) is 66.5 Å². The van der Waals surface area contributed by atoms with Crippen molar-refractivity contribution >= 4 is 27.3 Å². The summed E-state index contributed by atoms with van der Waals surface area (Å²) >= 11 is 0. The lowest BCUT2D eigenvalue weighted by Gasteiger charge is -2.12. The predicted molar refractivity (Wildman–Crippen MR) is 80.7 cm³/mol. The van der Waals surface area contributed by atoms with Crippen LogP contribution in [0.3, 0.4) is 0 Å². The van der Waals surface area contributed by atoms with E-state index in [9.17, 15) is 22.0 Å². The number of rotatable bonds is 3. The summed E-state index contributed by atoms with van der Waals surface area (Å²) in [6.45, 7) is 0. The first kappa shape index (κ1) is 15.4. The minimum Gasteiger partial charge on any atom is -0.315 e. The maximum absolute atomic E-state index is 13.2. The molecule has 2 aromatic carbocycles. The van der Waals surface area contributed by atoms with Crippen LogP contribution in [0.25, 0.3) is 0 Å². The smallest absolute Gasteiger partial charge is 0.262 e. The van der Waals surface area contributed by atoms with Crippen LogP contribution in [0.1, 0.15) is 5.56 Å². The fourth-order valence-corrected chi connectivity index (χ4v) is 3.52. The normalized spacial score (nSPS) is 14.0. The minimum absolute atomic E-state index is 0.0905. The summed E-state index contributed by atoms with van der Waals surface area (Å²) in [5.74, 6) is -2.05. The molecule has 0 radical (unpaired) electrons. The average Bonchev–Trinajstić information content (AvgIpc) is 2.72. The second-order valence-electron chi connectivity index (χ2n) is 5.18. The van der Waals surface area contributed by atoms with Gasteiger partial charge in [0.25, 0.3) is 10.0 Å². The van der Waals surface area contributed by atoms with Gasteiger partial charge < -0.3 is 4.90 Å². The number of hydrogen-bond donors (Lipinski definition) is 1. The number of amides is 1. The number of halogens is 2. The number of likely N-dealkylation sites (N-methyl/N-ethyl adjacent to an activating group) is 1. The maximum Gasteiger partial charge on any atom is 0.262 e. The summed E-state index contributed by atoms with van der Waals surface area (Å²) in [6.07, 6.45) is 0.177. The van der Waals surface area contributed by atoms with E-state index in [0.717, 1.165) is 12.1 Å². The summed E-state index contributed by atoms with van der Waals surface area (Å²) < 4.78 is 53.1. The molecule has 1 heterocycles. The van der Waals surface area contributed by atoms with Crippen molar-refractivity contribution in [1.82, 2.24) is 0 Å². The molecular weight excluding hydrogens is 326 g/mol. The van der Waals surface area contributed by atoms with Crippen LogP contribution in [0.15, 0.2) is 41.3 Å². The van der Waals surface area contributed by atoms with Gasteiger partial charge in [-0.3, -0.25) is 9.52 Å². The summed E-state index contributed by atoms with van der Waals surface area (Å²) in [6, 6.07) is 6.69. The van der Waals surface area contributed by atoms with Gasteiger partial charge in [0, 0.05) is 24.5 Å². The van der Waals surface area contributed by atoms with Gasteiger partial charge in [-0.05, 0) is 35.9 Å². The number of benzene rings is 2. The molecule has 1 aliphatic rings. The second-order valence-corrected chi connectivity index (χ2v) is 6.87. The molecule has 0 atom stereocenters. The molecule has 0 saturated carbocycles. The van der Waals surface area contributed by atoms with Crippen LogP contribution in [-0.2, 0) is 21.2 Å². The van der Waals surface area contributed by atoms with Crippen molar-refractivity contribution in [3.05, 3.63) is 53.6 Å². The summed E-state index contributed by atoms with van der Waals surface area (Å²) in [4.78, 5) is 12.6. The molecule has 0 unspecified atom stereocenters. The van der Waals surface area contributed by atoms with Crippen molar-refractivity contribution in [3.8, 4) is 0 Å². The molecule has 23 heavy (non-hydrogen) atoms. The largest absolute Gasteiger partial charge is 0.315 e. The number of carbonyl (C=O) groups excluding carboxylic acids is 1. The second kappa shape index (κ2) is 5.31. The van der Waals surface area contributed by atoms with Crippen LogP contribution >= 0.6 is 0 Å². The lowest BCUT2D eigenvalue weighted by molar-refractivity contribution is -0.117. The third-order valence-electron chi connectivity index (χ3n) is 3.56. The molecule has 0 bridgehead atoms. The number of nitrogens with zero attached hydrogens (tertiary/aromatic N) is 1. The molecule has 0 fully saturated rings. The molecular formula is C15H12F2N2O3S. The van der Waals surface area contributed by atoms with Crippen molar-refractivity contribution in [2.45, 2.75) is 11.3 Å². The number of hydrogen-bond acceptors (Lipinski definition) is 3. The quantitative estimate of drug-likeness (QED) is 0.934.